The van der Waals surface area contributed by atoms with E-state index in [1.807, 2.05) is 24.4 Å². The van der Waals surface area contributed by atoms with Crippen LogP contribution in [-0.2, 0) is 0 Å². The molecule has 0 amide bonds. The minimum absolute atomic E-state index is 0.172. The van der Waals surface area contributed by atoms with E-state index in [1.165, 1.54) is 0 Å². The van der Waals surface area contributed by atoms with Gasteiger partial charge in [-0.3, -0.25) is 4.90 Å². The predicted octanol–water partition coefficient (Wildman–Crippen LogP) is 12.2. The van der Waals surface area contributed by atoms with Crippen molar-refractivity contribution in [2.24, 2.45) is 0 Å². The molecule has 9 aromatic carbocycles. The molecule has 10 aromatic rings. The zero-order valence-corrected chi connectivity index (χ0v) is 31.9. The lowest BCUT2D eigenvalue weighted by molar-refractivity contribution is 0.465. The number of aromatic nitrogens is 1. The summed E-state index contributed by atoms with van der Waals surface area (Å²) in [5.41, 5.74) is 8.51. The Morgan fingerprint density at radius 2 is 0.847 bits per heavy atom. The Bertz CT molecular complexity index is 3200. The lowest BCUT2D eigenvalue weighted by Gasteiger charge is -2.36. The Balaban J connectivity index is 1.14. The van der Waals surface area contributed by atoms with Crippen LogP contribution in [0.25, 0.3) is 32.3 Å². The molecule has 1 aromatic heterocycles. The summed E-state index contributed by atoms with van der Waals surface area (Å²) >= 11 is 0. The molecule has 276 valence electrons. The number of ether oxygens (including phenoxy) is 2. The van der Waals surface area contributed by atoms with E-state index in [2.05, 4.69) is 192 Å². The van der Waals surface area contributed by atoms with E-state index < -0.39 is 0 Å². The van der Waals surface area contributed by atoms with Crippen LogP contribution in [0.15, 0.2) is 206 Å². The van der Waals surface area contributed by atoms with Crippen LogP contribution in [0.5, 0.6) is 23.0 Å². The second-order valence-corrected chi connectivity index (χ2v) is 15.0. The summed E-state index contributed by atoms with van der Waals surface area (Å²) in [5.74, 6) is 4.06. The third kappa shape index (κ3) is 5.23. The van der Waals surface area contributed by atoms with Crippen LogP contribution in [0.2, 0.25) is 0 Å². The SMILES string of the molecule is c1ccc(N(c2ccccc2)c2cc3c(c4ccccc24)B2c4c(cccc4Oc4cc(N(c5ccccn5)c5cccc6ccccc56)c5ccccc5c42)O3)cc1. The van der Waals surface area contributed by atoms with Gasteiger partial charge >= 0.3 is 0 Å². The number of nitrogens with zero attached hydrogens (tertiary/aromatic N) is 3. The van der Waals surface area contributed by atoms with Crippen LogP contribution >= 0.6 is 0 Å². The van der Waals surface area contributed by atoms with Crippen molar-refractivity contribution in [2.45, 2.75) is 0 Å². The van der Waals surface area contributed by atoms with Crippen molar-refractivity contribution in [3.05, 3.63) is 206 Å². The molecule has 0 bridgehead atoms. The monoisotopic (exact) mass is 755 g/mol. The quantitative estimate of drug-likeness (QED) is 0.158. The maximum absolute atomic E-state index is 7.05. The number of anilines is 6. The van der Waals surface area contributed by atoms with E-state index >= 15 is 0 Å². The molecule has 12 rings (SSSR count). The summed E-state index contributed by atoms with van der Waals surface area (Å²) in [7, 11) is 0. The van der Waals surface area contributed by atoms with Gasteiger partial charge in [0.1, 0.15) is 28.8 Å². The number of pyridine rings is 1. The number of hydrogen-bond donors (Lipinski definition) is 0. The lowest BCUT2D eigenvalue weighted by atomic mass is 9.33. The van der Waals surface area contributed by atoms with Crippen molar-refractivity contribution in [2.75, 3.05) is 9.80 Å². The Kier molecular flexibility index (Phi) is 7.57. The highest BCUT2D eigenvalue weighted by Crippen LogP contribution is 2.47. The summed E-state index contributed by atoms with van der Waals surface area (Å²) in [6, 6.07) is 70.3. The molecule has 0 fully saturated rings. The molecule has 2 aliphatic rings. The molecule has 0 unspecified atom stereocenters. The average Bonchev–Trinajstić information content (AvgIpc) is 3.30. The Hall–Kier alpha value is -7.83. The van der Waals surface area contributed by atoms with E-state index in [0.29, 0.717) is 0 Å². The van der Waals surface area contributed by atoms with Gasteiger partial charge in [-0.15, -0.1) is 0 Å². The van der Waals surface area contributed by atoms with Crippen LogP contribution in [0.3, 0.4) is 0 Å². The smallest absolute Gasteiger partial charge is 0.262 e. The largest absolute Gasteiger partial charge is 0.458 e. The fourth-order valence-corrected chi connectivity index (χ4v) is 9.35. The van der Waals surface area contributed by atoms with Crippen LogP contribution in [0.1, 0.15) is 0 Å². The molecule has 5 nitrogen and oxygen atoms in total. The summed E-state index contributed by atoms with van der Waals surface area (Å²) < 4.78 is 14.1. The van der Waals surface area contributed by atoms with Crippen molar-refractivity contribution in [1.82, 2.24) is 4.98 Å². The maximum Gasteiger partial charge on any atom is 0.262 e. The highest BCUT2D eigenvalue weighted by Gasteiger charge is 2.43. The van der Waals surface area contributed by atoms with Gasteiger partial charge in [-0.25, -0.2) is 4.98 Å². The van der Waals surface area contributed by atoms with Gasteiger partial charge in [-0.1, -0.05) is 133 Å². The van der Waals surface area contributed by atoms with Crippen LogP contribution in [-0.4, -0.2) is 11.7 Å². The first-order valence-corrected chi connectivity index (χ1v) is 20.0. The van der Waals surface area contributed by atoms with Crippen LogP contribution < -0.4 is 35.7 Å². The van der Waals surface area contributed by atoms with Crippen molar-refractivity contribution in [3.8, 4) is 23.0 Å². The molecule has 0 saturated carbocycles. The molecule has 2 aliphatic heterocycles. The molecule has 6 heteroatoms. The zero-order chi connectivity index (χ0) is 38.9. The molecule has 3 heterocycles. The highest BCUT2D eigenvalue weighted by molar-refractivity contribution is 7.01. The lowest BCUT2D eigenvalue weighted by Crippen LogP contribution is -2.58. The third-order valence-electron chi connectivity index (χ3n) is 11.8. The van der Waals surface area contributed by atoms with E-state index in [1.54, 1.807) is 0 Å². The fourth-order valence-electron chi connectivity index (χ4n) is 9.35. The molecular formula is C53H34BN3O2. The topological polar surface area (TPSA) is 37.8 Å². The predicted molar refractivity (Wildman–Crippen MR) is 244 cm³/mol. The number of fused-ring (bicyclic) bond motifs is 9. The van der Waals surface area contributed by atoms with Gasteiger partial charge in [0, 0.05) is 51.3 Å². The first-order valence-electron chi connectivity index (χ1n) is 20.0. The average molecular weight is 756 g/mol. The van der Waals surface area contributed by atoms with Gasteiger partial charge in [0.05, 0.1) is 17.1 Å². The third-order valence-corrected chi connectivity index (χ3v) is 11.8. The molecule has 0 spiro atoms. The van der Waals surface area contributed by atoms with Gasteiger partial charge in [0.15, 0.2) is 0 Å². The second-order valence-electron chi connectivity index (χ2n) is 15.0. The number of para-hydroxylation sites is 2. The first-order chi connectivity index (χ1) is 29.3. The van der Waals surface area contributed by atoms with Crippen LogP contribution in [0, 0.1) is 0 Å². The molecule has 0 N–H and O–H groups in total. The maximum atomic E-state index is 7.05. The van der Waals surface area contributed by atoms with E-state index in [9.17, 15) is 0 Å². The molecule has 0 saturated heterocycles. The van der Waals surface area contributed by atoms with Crippen molar-refractivity contribution >= 4 is 89.7 Å². The van der Waals surface area contributed by atoms with Crippen LogP contribution in [0.4, 0.5) is 34.3 Å². The van der Waals surface area contributed by atoms with Gasteiger partial charge in [0.25, 0.3) is 6.71 Å². The standard InChI is InChI=1S/C53H34BN3O2/c1-3-19-36(20-4-1)56(37-21-5-2-6-22-37)44-33-48-51(41-26-11-9-24-39(41)44)54-52-42-27-12-10-25-40(42)45(34-49(52)59-47-30-16-29-46(58-48)53(47)54)57(50-31-13-14-32-55-50)43-28-15-18-35-17-7-8-23-38(35)43/h1-34H. The molecular weight excluding hydrogens is 721 g/mol. The van der Waals surface area contributed by atoms with Crippen molar-refractivity contribution < 1.29 is 9.47 Å². The summed E-state index contributed by atoms with van der Waals surface area (Å²) in [6.07, 6.45) is 1.86. The molecule has 0 aliphatic carbocycles. The van der Waals surface area contributed by atoms with E-state index in [4.69, 9.17) is 14.5 Å². The van der Waals surface area contributed by atoms with Gasteiger partial charge < -0.3 is 14.4 Å². The summed E-state index contributed by atoms with van der Waals surface area (Å²) in [5, 5.41) is 6.78. The Morgan fingerprint density at radius 3 is 1.44 bits per heavy atom. The normalized spacial score (nSPS) is 12.3. The first kappa shape index (κ1) is 33.3. The van der Waals surface area contributed by atoms with Gasteiger partial charge in [-0.05, 0) is 81.7 Å². The van der Waals surface area contributed by atoms with Crippen molar-refractivity contribution in [1.29, 1.82) is 0 Å². The molecule has 0 radical (unpaired) electrons. The van der Waals surface area contributed by atoms with Gasteiger partial charge in [-0.2, -0.15) is 0 Å². The summed E-state index contributed by atoms with van der Waals surface area (Å²) in [4.78, 5) is 9.55. The molecule has 0 atom stereocenters. The second kappa shape index (κ2) is 13.4. The number of rotatable bonds is 6. The number of hydrogen-bond acceptors (Lipinski definition) is 5. The van der Waals surface area contributed by atoms with Gasteiger partial charge in [0.2, 0.25) is 0 Å². The van der Waals surface area contributed by atoms with E-state index in [0.717, 1.165) is 106 Å². The minimum Gasteiger partial charge on any atom is -0.458 e. The Labute approximate surface area is 342 Å². The zero-order valence-electron chi connectivity index (χ0n) is 31.9. The Morgan fingerprint density at radius 1 is 0.356 bits per heavy atom. The number of benzene rings is 9. The molecule has 59 heavy (non-hydrogen) atoms. The van der Waals surface area contributed by atoms with E-state index in [-0.39, 0.29) is 6.71 Å². The van der Waals surface area contributed by atoms with Crippen molar-refractivity contribution in [3.63, 3.8) is 0 Å². The summed E-state index contributed by atoms with van der Waals surface area (Å²) in [6.45, 7) is -0.172. The fraction of sp³-hybridized carbons (Fsp3) is 0. The highest BCUT2D eigenvalue weighted by atomic mass is 16.5. The minimum atomic E-state index is -0.172.